The monoisotopic (exact) mass is 297 g/mol. The number of carbonyl (C=O) groups is 2. The average molecular weight is 297 g/mol. The second-order valence-corrected chi connectivity index (χ2v) is 4.82. The lowest BCUT2D eigenvalue weighted by Gasteiger charge is -2.37. The van der Waals surface area contributed by atoms with Crippen molar-refractivity contribution in [1.82, 2.24) is 10.2 Å². The Morgan fingerprint density at radius 2 is 2.05 bits per heavy atom. The Hall–Kier alpha value is -1.51. The van der Waals surface area contributed by atoms with Crippen molar-refractivity contribution in [1.29, 1.82) is 0 Å². The molecule has 6 nitrogen and oxygen atoms in total. The number of nitrogens with zero attached hydrogens (tertiary/aromatic N) is 1. The van der Waals surface area contributed by atoms with Crippen molar-refractivity contribution in [2.75, 3.05) is 26.7 Å². The largest absolute Gasteiger partial charge is 0.469 e. The maximum atomic E-state index is 12.2. The second-order valence-electron chi connectivity index (χ2n) is 4.82. The molecule has 2 unspecified atom stereocenters. The summed E-state index contributed by atoms with van der Waals surface area (Å²) in [4.78, 5) is 23.6. The standard InChI is InChI=1S/C11H18F3N3O3/c1-20-9(18)3-7-2-8(16-6-11(12,13)14)5-17(4-7)10(15)19/h7-8,16H,2-6H2,1H3,(H2,15,19). The number of urea groups is 1. The molecule has 1 heterocycles. The number of hydrogen-bond acceptors (Lipinski definition) is 4. The lowest BCUT2D eigenvalue weighted by atomic mass is 9.91. The fourth-order valence-corrected chi connectivity index (χ4v) is 2.26. The van der Waals surface area contributed by atoms with Crippen molar-refractivity contribution in [3.63, 3.8) is 0 Å². The van der Waals surface area contributed by atoms with Gasteiger partial charge in [-0.25, -0.2) is 4.79 Å². The highest BCUT2D eigenvalue weighted by molar-refractivity contribution is 5.73. The Balaban J connectivity index is 2.60. The molecule has 1 aliphatic rings. The highest BCUT2D eigenvalue weighted by Crippen LogP contribution is 2.21. The van der Waals surface area contributed by atoms with E-state index >= 15 is 0 Å². The van der Waals surface area contributed by atoms with E-state index in [1.165, 1.54) is 12.0 Å². The summed E-state index contributed by atoms with van der Waals surface area (Å²) >= 11 is 0. The molecular formula is C11H18F3N3O3. The fraction of sp³-hybridized carbons (Fsp3) is 0.818. The molecule has 0 aromatic rings. The maximum Gasteiger partial charge on any atom is 0.401 e. The number of methoxy groups -OCH3 is 1. The first-order chi connectivity index (χ1) is 9.21. The van der Waals surface area contributed by atoms with Crippen LogP contribution in [-0.2, 0) is 9.53 Å². The zero-order chi connectivity index (χ0) is 15.3. The van der Waals surface area contributed by atoms with Gasteiger partial charge in [0.05, 0.1) is 20.1 Å². The molecule has 0 aliphatic carbocycles. The molecule has 1 saturated heterocycles. The zero-order valence-corrected chi connectivity index (χ0v) is 11.1. The van der Waals surface area contributed by atoms with E-state index in [1.807, 2.05) is 0 Å². The van der Waals surface area contributed by atoms with Crippen molar-refractivity contribution in [2.45, 2.75) is 25.1 Å². The van der Waals surface area contributed by atoms with Gasteiger partial charge in [0.25, 0.3) is 0 Å². The summed E-state index contributed by atoms with van der Waals surface area (Å²) < 4.78 is 41.1. The minimum atomic E-state index is -4.33. The number of nitrogens with two attached hydrogens (primary N) is 1. The van der Waals surface area contributed by atoms with Crippen LogP contribution >= 0.6 is 0 Å². The number of hydrogen-bond donors (Lipinski definition) is 2. The van der Waals surface area contributed by atoms with Gasteiger partial charge in [-0.1, -0.05) is 0 Å². The number of rotatable bonds is 4. The van der Waals surface area contributed by atoms with Crippen LogP contribution in [0.1, 0.15) is 12.8 Å². The number of amides is 2. The molecule has 2 amide bonds. The number of ether oxygens (including phenoxy) is 1. The van der Waals surface area contributed by atoms with Crippen molar-refractivity contribution in [3.8, 4) is 0 Å². The number of halogens is 3. The Morgan fingerprint density at radius 3 is 2.55 bits per heavy atom. The third kappa shape index (κ3) is 5.64. The van der Waals surface area contributed by atoms with Gasteiger partial charge < -0.3 is 20.7 Å². The smallest absolute Gasteiger partial charge is 0.401 e. The van der Waals surface area contributed by atoms with Crippen LogP contribution in [-0.4, -0.2) is 55.9 Å². The number of primary amides is 1. The number of esters is 1. The number of piperidine rings is 1. The molecule has 0 aromatic heterocycles. The molecule has 0 saturated carbocycles. The number of alkyl halides is 3. The minimum absolute atomic E-state index is 0.0461. The normalized spacial score (nSPS) is 23.5. The van der Waals surface area contributed by atoms with E-state index < -0.39 is 30.8 Å². The van der Waals surface area contributed by atoms with E-state index in [9.17, 15) is 22.8 Å². The molecule has 116 valence electrons. The molecule has 2 atom stereocenters. The zero-order valence-electron chi connectivity index (χ0n) is 11.1. The third-order valence-corrected chi connectivity index (χ3v) is 3.12. The number of nitrogens with one attached hydrogen (secondary N) is 1. The average Bonchev–Trinajstić information content (AvgIpc) is 2.35. The molecule has 0 aromatic carbocycles. The van der Waals surface area contributed by atoms with E-state index in [0.29, 0.717) is 6.42 Å². The van der Waals surface area contributed by atoms with E-state index in [2.05, 4.69) is 10.1 Å². The Kier molecular flexibility index (Phi) is 5.61. The molecule has 1 rings (SSSR count). The molecular weight excluding hydrogens is 279 g/mol. The summed E-state index contributed by atoms with van der Waals surface area (Å²) in [6.45, 7) is -0.799. The van der Waals surface area contributed by atoms with Crippen LogP contribution in [0.15, 0.2) is 0 Å². The van der Waals surface area contributed by atoms with Crippen molar-refractivity contribution in [2.24, 2.45) is 11.7 Å². The van der Waals surface area contributed by atoms with Crippen molar-refractivity contribution in [3.05, 3.63) is 0 Å². The third-order valence-electron chi connectivity index (χ3n) is 3.12. The van der Waals surface area contributed by atoms with Gasteiger partial charge in [-0.2, -0.15) is 13.2 Å². The molecule has 20 heavy (non-hydrogen) atoms. The van der Waals surface area contributed by atoms with Crippen molar-refractivity contribution >= 4 is 12.0 Å². The lowest BCUT2D eigenvalue weighted by molar-refractivity contribution is -0.142. The molecule has 0 spiro atoms. The van der Waals surface area contributed by atoms with Gasteiger partial charge in [-0.15, -0.1) is 0 Å². The highest BCUT2D eigenvalue weighted by Gasteiger charge is 2.33. The van der Waals surface area contributed by atoms with Crippen molar-refractivity contribution < 1.29 is 27.5 Å². The molecule has 1 aliphatic heterocycles. The van der Waals surface area contributed by atoms with Gasteiger partial charge >= 0.3 is 18.2 Å². The molecule has 3 N–H and O–H groups in total. The van der Waals surface area contributed by atoms with Crippen LogP contribution in [0.3, 0.4) is 0 Å². The van der Waals surface area contributed by atoms with E-state index in [0.717, 1.165) is 0 Å². The first-order valence-electron chi connectivity index (χ1n) is 6.12. The summed E-state index contributed by atoms with van der Waals surface area (Å²) in [7, 11) is 1.23. The summed E-state index contributed by atoms with van der Waals surface area (Å²) in [5.74, 6) is -0.731. The number of likely N-dealkylation sites (tertiary alicyclic amines) is 1. The van der Waals surface area contributed by atoms with Gasteiger partial charge in [-0.3, -0.25) is 4.79 Å². The Bertz CT molecular complexity index is 363. The van der Waals surface area contributed by atoms with E-state index in [1.54, 1.807) is 0 Å². The Morgan fingerprint density at radius 1 is 1.40 bits per heavy atom. The summed E-state index contributed by atoms with van der Waals surface area (Å²) in [6.07, 6.45) is -3.92. The van der Waals surface area contributed by atoms with Gasteiger partial charge in [0, 0.05) is 19.1 Å². The number of carbonyl (C=O) groups excluding carboxylic acids is 2. The van der Waals surface area contributed by atoms with Crippen LogP contribution in [0, 0.1) is 5.92 Å². The van der Waals surface area contributed by atoms with E-state index in [4.69, 9.17) is 5.73 Å². The maximum absolute atomic E-state index is 12.2. The Labute approximate surface area is 114 Å². The predicted molar refractivity (Wildman–Crippen MR) is 63.7 cm³/mol. The molecule has 1 fully saturated rings. The van der Waals surface area contributed by atoms with Crippen LogP contribution in [0.2, 0.25) is 0 Å². The fourth-order valence-electron chi connectivity index (χ4n) is 2.26. The van der Waals surface area contributed by atoms with Crippen LogP contribution in [0.5, 0.6) is 0 Å². The van der Waals surface area contributed by atoms with Gasteiger partial charge in [0.15, 0.2) is 0 Å². The SMILES string of the molecule is COC(=O)CC1CC(NCC(F)(F)F)CN(C(N)=O)C1. The second kappa shape index (κ2) is 6.78. The van der Waals surface area contributed by atoms with E-state index in [-0.39, 0.29) is 25.4 Å². The van der Waals surface area contributed by atoms with Gasteiger partial charge in [0.2, 0.25) is 0 Å². The molecule has 0 radical (unpaired) electrons. The van der Waals surface area contributed by atoms with Crippen LogP contribution in [0.4, 0.5) is 18.0 Å². The predicted octanol–water partition coefficient (Wildman–Crippen LogP) is 0.471. The van der Waals surface area contributed by atoms with Gasteiger partial charge in [0.1, 0.15) is 0 Å². The first kappa shape index (κ1) is 16.5. The summed E-state index contributed by atoms with van der Waals surface area (Å²) in [5, 5.41) is 2.34. The molecule has 9 heteroatoms. The molecule has 0 bridgehead atoms. The van der Waals surface area contributed by atoms with Crippen LogP contribution in [0.25, 0.3) is 0 Å². The van der Waals surface area contributed by atoms with Crippen LogP contribution < -0.4 is 11.1 Å². The minimum Gasteiger partial charge on any atom is -0.469 e. The van der Waals surface area contributed by atoms with Gasteiger partial charge in [-0.05, 0) is 12.3 Å². The summed E-state index contributed by atoms with van der Waals surface area (Å²) in [5.41, 5.74) is 5.16. The topological polar surface area (TPSA) is 84.7 Å². The first-order valence-corrected chi connectivity index (χ1v) is 6.12. The quantitative estimate of drug-likeness (QED) is 0.739. The highest BCUT2D eigenvalue weighted by atomic mass is 19.4. The lowest BCUT2D eigenvalue weighted by Crippen LogP contribution is -2.54. The summed E-state index contributed by atoms with van der Waals surface area (Å²) in [6, 6.07) is -1.26.